The standard InChI is InChI=1S/C20H16NO.ClHO4/c1-13-12-17-15-7-3-2-6-14(15)10-11-21(17)19-16-8-4-5-9-18(16)22-20(13)19;2-1(3,4)5/h2-9,12H,10-11H2,1H3;(H,2,3,4,5)/q+1;/p-1. The highest BCUT2D eigenvalue weighted by Crippen LogP contribution is 2.33. The number of benzene rings is 2. The quantitative estimate of drug-likeness (QED) is 0.384. The van der Waals surface area contributed by atoms with Gasteiger partial charge in [0.1, 0.15) is 5.58 Å². The van der Waals surface area contributed by atoms with Crippen LogP contribution in [0.4, 0.5) is 0 Å². The number of hydrogen-bond acceptors (Lipinski definition) is 5. The van der Waals surface area contributed by atoms with Crippen LogP contribution in [0.15, 0.2) is 59.0 Å². The first-order valence-electron chi connectivity index (χ1n) is 8.37. The van der Waals surface area contributed by atoms with Gasteiger partial charge in [0.15, 0.2) is 6.54 Å². The minimum Gasteiger partial charge on any atom is -0.449 e. The second kappa shape index (κ2) is 6.60. The number of aromatic nitrogens is 1. The molecule has 0 unspecified atom stereocenters. The number of nitrogens with zero attached hydrogens (tertiary/aromatic N) is 1. The van der Waals surface area contributed by atoms with E-state index in [9.17, 15) is 0 Å². The molecule has 0 bridgehead atoms. The molecule has 27 heavy (non-hydrogen) atoms. The van der Waals surface area contributed by atoms with E-state index in [1.54, 1.807) is 0 Å². The molecule has 3 heterocycles. The van der Waals surface area contributed by atoms with Crippen LogP contribution < -0.4 is 23.2 Å². The molecule has 1 aliphatic rings. The summed E-state index contributed by atoms with van der Waals surface area (Å²) < 4.78 is 42.5. The normalized spacial score (nSPS) is 13.1. The van der Waals surface area contributed by atoms with Gasteiger partial charge in [-0.15, -0.1) is 10.2 Å². The summed E-state index contributed by atoms with van der Waals surface area (Å²) in [6, 6.07) is 19.3. The van der Waals surface area contributed by atoms with Crippen molar-refractivity contribution in [2.45, 2.75) is 19.9 Å². The van der Waals surface area contributed by atoms with Crippen molar-refractivity contribution in [1.29, 1.82) is 0 Å². The Kier molecular flexibility index (Phi) is 4.38. The molecule has 2 aromatic heterocycles. The molecule has 6 nitrogen and oxygen atoms in total. The predicted octanol–water partition coefficient (Wildman–Crippen LogP) is -0.351. The van der Waals surface area contributed by atoms with E-state index in [4.69, 9.17) is 23.1 Å². The van der Waals surface area contributed by atoms with E-state index < -0.39 is 10.2 Å². The number of pyridine rings is 1. The van der Waals surface area contributed by atoms with Gasteiger partial charge in [0.2, 0.25) is 11.3 Å². The fourth-order valence-electron chi connectivity index (χ4n) is 3.71. The van der Waals surface area contributed by atoms with Gasteiger partial charge in [-0.3, -0.25) is 0 Å². The monoisotopic (exact) mass is 385 g/mol. The van der Waals surface area contributed by atoms with Crippen LogP contribution in [0.5, 0.6) is 0 Å². The Bertz CT molecular complexity index is 1140. The third-order valence-corrected chi connectivity index (χ3v) is 4.74. The summed E-state index contributed by atoms with van der Waals surface area (Å²) in [7, 11) is -4.94. The first-order valence-corrected chi connectivity index (χ1v) is 9.61. The van der Waals surface area contributed by atoms with Crippen molar-refractivity contribution >= 4 is 22.1 Å². The fourth-order valence-corrected chi connectivity index (χ4v) is 3.71. The molecular formula is C20H16ClNO5. The van der Waals surface area contributed by atoms with Gasteiger partial charge >= 0.3 is 0 Å². The van der Waals surface area contributed by atoms with Crippen LogP contribution in [0.2, 0.25) is 0 Å². The van der Waals surface area contributed by atoms with Gasteiger partial charge in [0, 0.05) is 23.6 Å². The summed E-state index contributed by atoms with van der Waals surface area (Å²) >= 11 is 0. The summed E-state index contributed by atoms with van der Waals surface area (Å²) in [6.45, 7) is 3.15. The summed E-state index contributed by atoms with van der Waals surface area (Å²) in [5.74, 6) is 0. The van der Waals surface area contributed by atoms with Crippen molar-refractivity contribution in [3.8, 4) is 11.3 Å². The Morgan fingerprint density at radius 1 is 0.963 bits per heavy atom. The zero-order valence-corrected chi connectivity index (χ0v) is 15.2. The zero-order valence-electron chi connectivity index (χ0n) is 14.5. The van der Waals surface area contributed by atoms with E-state index in [0.717, 1.165) is 24.1 Å². The Balaban J connectivity index is 0.000000323. The molecule has 0 spiro atoms. The highest BCUT2D eigenvalue weighted by atomic mass is 35.7. The average Bonchev–Trinajstić information content (AvgIpc) is 3.01. The SMILES string of the molecule is Cc1cc2[n+](c3c1oc1ccccc13)CCc1ccccc1-2.[O-][Cl+3]([O-])([O-])[O-]. The molecule has 0 fully saturated rings. The molecule has 0 saturated carbocycles. The van der Waals surface area contributed by atoms with E-state index in [0.29, 0.717) is 0 Å². The van der Waals surface area contributed by atoms with Gasteiger partial charge in [-0.25, -0.2) is 18.6 Å². The molecule has 0 amide bonds. The molecule has 1 aliphatic heterocycles. The smallest absolute Gasteiger partial charge is 0.260 e. The minimum absolute atomic E-state index is 0.973. The van der Waals surface area contributed by atoms with Crippen LogP contribution in [0.1, 0.15) is 11.1 Å². The van der Waals surface area contributed by atoms with Crippen molar-refractivity contribution in [3.05, 3.63) is 65.7 Å². The first-order chi connectivity index (χ1) is 12.8. The molecule has 0 saturated heterocycles. The molecule has 2 aromatic carbocycles. The Hall–Kier alpha value is -2.48. The van der Waals surface area contributed by atoms with Crippen LogP contribution >= 0.6 is 0 Å². The predicted molar refractivity (Wildman–Crippen MR) is 87.8 cm³/mol. The lowest BCUT2D eigenvalue weighted by atomic mass is 9.96. The van der Waals surface area contributed by atoms with Gasteiger partial charge in [0.05, 0.1) is 5.39 Å². The number of hydrogen-bond donors (Lipinski definition) is 0. The minimum atomic E-state index is -4.94. The average molecular weight is 386 g/mol. The molecule has 0 N–H and O–H groups in total. The van der Waals surface area contributed by atoms with E-state index >= 15 is 0 Å². The lowest BCUT2D eigenvalue weighted by Crippen LogP contribution is -2.68. The molecule has 4 aromatic rings. The van der Waals surface area contributed by atoms with Crippen molar-refractivity contribution in [2.75, 3.05) is 0 Å². The van der Waals surface area contributed by atoms with E-state index in [1.807, 2.05) is 6.07 Å². The van der Waals surface area contributed by atoms with E-state index in [2.05, 4.69) is 60.0 Å². The maximum atomic E-state index is 8.49. The first kappa shape index (κ1) is 17.9. The largest absolute Gasteiger partial charge is 0.449 e. The molecule has 7 heteroatoms. The van der Waals surface area contributed by atoms with Gasteiger partial charge in [-0.2, -0.15) is 4.57 Å². The maximum Gasteiger partial charge on any atom is 0.260 e. The second-order valence-corrected chi connectivity index (χ2v) is 7.18. The summed E-state index contributed by atoms with van der Waals surface area (Å²) in [5.41, 5.74) is 8.52. The molecule has 138 valence electrons. The number of furan rings is 1. The molecular weight excluding hydrogens is 370 g/mol. The lowest BCUT2D eigenvalue weighted by Gasteiger charge is -2.17. The van der Waals surface area contributed by atoms with Crippen LogP contribution in [0.25, 0.3) is 33.3 Å². The van der Waals surface area contributed by atoms with Crippen molar-refractivity contribution < 1.29 is 37.9 Å². The highest BCUT2D eigenvalue weighted by Gasteiger charge is 2.29. The lowest BCUT2D eigenvalue weighted by molar-refractivity contribution is -2.00. The number of halogens is 1. The third kappa shape index (κ3) is 3.41. The van der Waals surface area contributed by atoms with Crippen LogP contribution in [-0.2, 0) is 13.0 Å². The van der Waals surface area contributed by atoms with Gasteiger partial charge in [-0.1, -0.05) is 30.3 Å². The zero-order chi connectivity index (χ0) is 19.2. The van der Waals surface area contributed by atoms with Crippen molar-refractivity contribution in [3.63, 3.8) is 0 Å². The van der Waals surface area contributed by atoms with Crippen molar-refractivity contribution in [1.82, 2.24) is 0 Å². The molecule has 0 radical (unpaired) electrons. The number of fused-ring (bicyclic) bond motifs is 7. The summed E-state index contributed by atoms with van der Waals surface area (Å²) in [4.78, 5) is 0. The third-order valence-electron chi connectivity index (χ3n) is 4.74. The maximum absolute atomic E-state index is 8.49. The fraction of sp³-hybridized carbons (Fsp3) is 0.150. The van der Waals surface area contributed by atoms with Crippen LogP contribution in [0, 0.1) is 17.2 Å². The van der Waals surface area contributed by atoms with E-state index in [1.165, 1.54) is 33.3 Å². The Morgan fingerprint density at radius 3 is 2.41 bits per heavy atom. The van der Waals surface area contributed by atoms with Crippen molar-refractivity contribution in [2.24, 2.45) is 0 Å². The van der Waals surface area contributed by atoms with E-state index in [-0.39, 0.29) is 0 Å². The molecule has 0 atom stereocenters. The van der Waals surface area contributed by atoms with Gasteiger partial charge in [0.25, 0.3) is 5.52 Å². The Labute approximate surface area is 157 Å². The number of rotatable bonds is 0. The summed E-state index contributed by atoms with van der Waals surface area (Å²) in [6.07, 6.45) is 1.07. The van der Waals surface area contributed by atoms with Gasteiger partial charge < -0.3 is 4.42 Å². The highest BCUT2D eigenvalue weighted by molar-refractivity contribution is 6.01. The molecule has 5 rings (SSSR count). The second-order valence-electron chi connectivity index (χ2n) is 6.43. The Morgan fingerprint density at radius 2 is 1.63 bits per heavy atom. The topological polar surface area (TPSA) is 109 Å². The number of para-hydroxylation sites is 1. The van der Waals surface area contributed by atoms with Gasteiger partial charge in [-0.05, 0) is 30.7 Å². The van der Waals surface area contributed by atoms with Crippen LogP contribution in [0.3, 0.4) is 0 Å². The molecule has 0 aliphatic carbocycles. The number of aryl methyl sites for hydroxylation is 3. The summed E-state index contributed by atoms with van der Waals surface area (Å²) in [5, 5.41) is 1.21. The van der Waals surface area contributed by atoms with Crippen LogP contribution in [-0.4, -0.2) is 0 Å².